The number of H-pyrrole nitrogens is 1. The molecule has 3 aromatic rings. The maximum atomic E-state index is 12.6. The number of aryl methyl sites for hydroxylation is 1. The molecule has 0 aliphatic heterocycles. The number of hydrogen-bond acceptors (Lipinski definition) is 6. The average Bonchev–Trinajstić information content (AvgIpc) is 2.73. The highest BCUT2D eigenvalue weighted by Crippen LogP contribution is 2.20. The van der Waals surface area contributed by atoms with Crippen LogP contribution in [0.15, 0.2) is 74.5 Å². The summed E-state index contributed by atoms with van der Waals surface area (Å²) >= 11 is 6.77. The zero-order chi connectivity index (χ0) is 21.7. The maximum absolute atomic E-state index is 12.6. The number of nitrogens with one attached hydrogen (secondary N) is 2. The Labute approximate surface area is 182 Å². The zero-order valence-electron chi connectivity index (χ0n) is 15.9. The normalized spacial score (nSPS) is 11.3. The number of carbonyl (C=O) groups excluding carboxylic acids is 1. The lowest BCUT2D eigenvalue weighted by atomic mass is 10.1. The molecule has 1 aromatic heterocycles. The quantitative estimate of drug-likeness (QED) is 0.409. The number of sulfone groups is 1. The van der Waals surface area contributed by atoms with Gasteiger partial charge in [-0.3, -0.25) is 9.59 Å². The number of carbonyl (C=O) groups is 1. The highest BCUT2D eigenvalue weighted by molar-refractivity contribution is 7.99. The van der Waals surface area contributed by atoms with E-state index in [-0.39, 0.29) is 21.7 Å². The van der Waals surface area contributed by atoms with Crippen LogP contribution in [0.5, 0.6) is 0 Å². The predicted molar refractivity (Wildman–Crippen MR) is 117 cm³/mol. The second kappa shape index (κ2) is 9.46. The van der Waals surface area contributed by atoms with Gasteiger partial charge in [0.2, 0.25) is 15.7 Å². The average molecular weight is 464 g/mol. The molecule has 0 bridgehead atoms. The van der Waals surface area contributed by atoms with E-state index in [9.17, 15) is 18.0 Å². The van der Waals surface area contributed by atoms with Gasteiger partial charge in [-0.05, 0) is 48.4 Å². The van der Waals surface area contributed by atoms with Crippen LogP contribution in [0.25, 0.3) is 0 Å². The topological polar surface area (TPSA) is 109 Å². The summed E-state index contributed by atoms with van der Waals surface area (Å²) in [5.74, 6) is -0.272. The largest absolute Gasteiger partial charge is 0.325 e. The lowest BCUT2D eigenvalue weighted by molar-refractivity contribution is -0.113. The van der Waals surface area contributed by atoms with E-state index >= 15 is 0 Å². The van der Waals surface area contributed by atoms with Gasteiger partial charge >= 0.3 is 0 Å². The molecule has 2 N–H and O–H groups in total. The van der Waals surface area contributed by atoms with Crippen molar-refractivity contribution in [3.63, 3.8) is 0 Å². The van der Waals surface area contributed by atoms with Crippen molar-refractivity contribution < 1.29 is 13.2 Å². The van der Waals surface area contributed by atoms with Gasteiger partial charge in [-0.25, -0.2) is 13.4 Å². The molecule has 0 radical (unpaired) electrons. The van der Waals surface area contributed by atoms with Gasteiger partial charge in [0.25, 0.3) is 5.56 Å². The summed E-state index contributed by atoms with van der Waals surface area (Å²) in [6, 6.07) is 13.0. The molecule has 0 atom stereocenters. The number of aromatic nitrogens is 2. The minimum absolute atomic E-state index is 0.00174. The lowest BCUT2D eigenvalue weighted by Gasteiger charge is -2.07. The van der Waals surface area contributed by atoms with Crippen molar-refractivity contribution in [3.8, 4) is 0 Å². The summed E-state index contributed by atoms with van der Waals surface area (Å²) in [6.07, 6.45) is 1.90. The van der Waals surface area contributed by atoms with Crippen LogP contribution in [0.4, 0.5) is 5.69 Å². The number of halogens is 1. The van der Waals surface area contributed by atoms with E-state index in [0.717, 1.165) is 29.9 Å². The second-order valence-electron chi connectivity index (χ2n) is 6.23. The molecule has 1 heterocycles. The first kappa shape index (κ1) is 22.1. The first-order valence-electron chi connectivity index (χ1n) is 8.91. The fourth-order valence-electron chi connectivity index (χ4n) is 2.53. The van der Waals surface area contributed by atoms with E-state index < -0.39 is 20.3 Å². The molecule has 0 unspecified atom stereocenters. The zero-order valence-corrected chi connectivity index (χ0v) is 18.3. The first-order chi connectivity index (χ1) is 14.3. The van der Waals surface area contributed by atoms with Gasteiger partial charge in [0.1, 0.15) is 0 Å². The smallest absolute Gasteiger partial charge is 0.270 e. The van der Waals surface area contributed by atoms with E-state index in [4.69, 9.17) is 11.6 Å². The molecule has 30 heavy (non-hydrogen) atoms. The SMILES string of the molecule is CCc1ccc(NC(=O)CSc2ncc(S(=O)(=O)c3ccc(Cl)cc3)c(=O)[nH]2)cc1. The van der Waals surface area contributed by atoms with Gasteiger partial charge in [-0.15, -0.1) is 0 Å². The van der Waals surface area contributed by atoms with E-state index in [1.54, 1.807) is 0 Å². The van der Waals surface area contributed by atoms with Crippen LogP contribution in [0.3, 0.4) is 0 Å². The minimum atomic E-state index is -4.03. The van der Waals surface area contributed by atoms with Crippen molar-refractivity contribution in [2.24, 2.45) is 0 Å². The van der Waals surface area contributed by atoms with Crippen LogP contribution >= 0.6 is 23.4 Å². The third-order valence-electron chi connectivity index (χ3n) is 4.14. The number of amides is 1. The molecule has 0 fully saturated rings. The first-order valence-corrected chi connectivity index (χ1v) is 11.8. The van der Waals surface area contributed by atoms with Gasteiger partial charge in [0.15, 0.2) is 10.1 Å². The number of aromatic amines is 1. The number of benzene rings is 2. The Hall–Kier alpha value is -2.62. The summed E-state index contributed by atoms with van der Waals surface area (Å²) in [7, 11) is -4.03. The Kier molecular flexibility index (Phi) is 6.96. The van der Waals surface area contributed by atoms with E-state index in [2.05, 4.69) is 15.3 Å². The molecule has 3 rings (SSSR count). The van der Waals surface area contributed by atoms with Crippen molar-refractivity contribution in [1.29, 1.82) is 0 Å². The predicted octanol–water partition coefficient (Wildman–Crippen LogP) is 3.55. The minimum Gasteiger partial charge on any atom is -0.325 e. The maximum Gasteiger partial charge on any atom is 0.270 e. The standard InChI is InChI=1S/C20H18ClN3O4S2/c1-2-13-3-7-15(8-4-13)23-18(25)12-29-20-22-11-17(19(26)24-20)30(27,28)16-9-5-14(21)6-10-16/h3-11H,2,12H2,1H3,(H,23,25)(H,22,24,26). The van der Waals surface area contributed by atoms with Crippen molar-refractivity contribution in [2.45, 2.75) is 28.3 Å². The molecule has 10 heteroatoms. The van der Waals surface area contributed by atoms with Crippen molar-refractivity contribution in [1.82, 2.24) is 9.97 Å². The molecule has 0 saturated heterocycles. The summed E-state index contributed by atoms with van der Waals surface area (Å²) < 4.78 is 25.2. The number of anilines is 1. The van der Waals surface area contributed by atoms with Crippen LogP contribution in [0.1, 0.15) is 12.5 Å². The third kappa shape index (κ3) is 5.29. The molecule has 156 valence electrons. The summed E-state index contributed by atoms with van der Waals surface area (Å²) in [5, 5.41) is 3.28. The summed E-state index contributed by atoms with van der Waals surface area (Å²) in [6.45, 7) is 2.05. The van der Waals surface area contributed by atoms with E-state index in [1.807, 2.05) is 31.2 Å². The summed E-state index contributed by atoms with van der Waals surface area (Å²) in [4.78, 5) is 30.3. The van der Waals surface area contributed by atoms with Crippen LogP contribution in [0, 0.1) is 0 Å². The third-order valence-corrected chi connectivity index (χ3v) is 7.04. The van der Waals surface area contributed by atoms with E-state index in [1.165, 1.54) is 24.3 Å². The fourth-order valence-corrected chi connectivity index (χ4v) is 4.52. The highest BCUT2D eigenvalue weighted by Gasteiger charge is 2.22. The van der Waals surface area contributed by atoms with Gasteiger partial charge in [-0.1, -0.05) is 42.4 Å². The van der Waals surface area contributed by atoms with Gasteiger partial charge in [0.05, 0.1) is 16.8 Å². The number of nitrogens with zero attached hydrogens (tertiary/aromatic N) is 1. The van der Waals surface area contributed by atoms with Crippen molar-refractivity contribution >= 4 is 44.8 Å². The van der Waals surface area contributed by atoms with E-state index in [0.29, 0.717) is 10.7 Å². The van der Waals surface area contributed by atoms with Gasteiger partial charge in [0, 0.05) is 10.7 Å². The fraction of sp³-hybridized carbons (Fsp3) is 0.150. The van der Waals surface area contributed by atoms with Crippen LogP contribution in [-0.2, 0) is 21.1 Å². The molecule has 7 nitrogen and oxygen atoms in total. The monoisotopic (exact) mass is 463 g/mol. The van der Waals surface area contributed by atoms with Gasteiger partial charge in [-0.2, -0.15) is 0 Å². The van der Waals surface area contributed by atoms with Gasteiger partial charge < -0.3 is 10.3 Å². The molecule has 1 amide bonds. The number of hydrogen-bond donors (Lipinski definition) is 2. The Bertz CT molecular complexity index is 1210. The molecule has 0 spiro atoms. The number of rotatable bonds is 7. The molecule has 0 aliphatic carbocycles. The van der Waals surface area contributed by atoms with Crippen molar-refractivity contribution in [3.05, 3.63) is 75.7 Å². The second-order valence-corrected chi connectivity index (χ2v) is 9.55. The molecule has 2 aromatic carbocycles. The molecular weight excluding hydrogens is 446 g/mol. The Morgan fingerprint density at radius 3 is 2.40 bits per heavy atom. The van der Waals surface area contributed by atoms with Crippen LogP contribution < -0.4 is 10.9 Å². The summed E-state index contributed by atoms with van der Waals surface area (Å²) in [5.41, 5.74) is 1.03. The lowest BCUT2D eigenvalue weighted by Crippen LogP contribution is -2.20. The van der Waals surface area contributed by atoms with Crippen LogP contribution in [0.2, 0.25) is 5.02 Å². The molecule has 0 aliphatic rings. The Balaban J connectivity index is 1.67. The molecule has 0 saturated carbocycles. The van der Waals surface area contributed by atoms with Crippen LogP contribution in [-0.4, -0.2) is 30.0 Å². The highest BCUT2D eigenvalue weighted by atomic mass is 35.5. The van der Waals surface area contributed by atoms with Crippen molar-refractivity contribution in [2.75, 3.05) is 11.1 Å². The Morgan fingerprint density at radius 2 is 1.80 bits per heavy atom. The number of thioether (sulfide) groups is 1. The molecular formula is C20H18ClN3O4S2. The Morgan fingerprint density at radius 1 is 1.13 bits per heavy atom.